The second-order valence-electron chi connectivity index (χ2n) is 7.20. The third kappa shape index (κ3) is 5.15. The molecule has 1 aliphatic heterocycles. The van der Waals surface area contributed by atoms with E-state index in [-0.39, 0.29) is 22.6 Å². The molecule has 2 heterocycles. The van der Waals surface area contributed by atoms with Crippen LogP contribution in [0.3, 0.4) is 0 Å². The molecule has 0 bridgehead atoms. The average Bonchev–Trinajstić information content (AvgIpc) is 3.31. The van der Waals surface area contributed by atoms with Gasteiger partial charge in [-0.1, -0.05) is 11.6 Å². The maximum Gasteiger partial charge on any atom is 0.269 e. The molecule has 162 valence electrons. The topological polar surface area (TPSA) is 113 Å². The first-order valence-electron chi connectivity index (χ1n) is 9.08. The first-order valence-corrected chi connectivity index (χ1v) is 11.1. The van der Waals surface area contributed by atoms with E-state index in [0.29, 0.717) is 30.8 Å². The van der Waals surface area contributed by atoms with Gasteiger partial charge in [0, 0.05) is 38.8 Å². The van der Waals surface area contributed by atoms with E-state index in [0.717, 1.165) is 0 Å². The van der Waals surface area contributed by atoms with Crippen molar-refractivity contribution in [2.75, 3.05) is 18.8 Å². The molecule has 0 aliphatic carbocycles. The molecule has 0 saturated carbocycles. The van der Waals surface area contributed by atoms with Crippen molar-refractivity contribution < 1.29 is 22.4 Å². The third-order valence-corrected chi connectivity index (χ3v) is 6.38. The zero-order valence-electron chi connectivity index (χ0n) is 16.4. The van der Waals surface area contributed by atoms with Crippen LogP contribution in [0, 0.1) is 11.7 Å². The lowest BCUT2D eigenvalue weighted by Gasteiger charge is -2.15. The Labute approximate surface area is 178 Å². The monoisotopic (exact) mass is 457 g/mol. The number of nitrogens with one attached hydrogen (secondary N) is 2. The maximum absolute atomic E-state index is 14.4. The van der Waals surface area contributed by atoms with E-state index < -0.39 is 27.3 Å². The highest BCUT2D eigenvalue weighted by Gasteiger charge is 2.29. The molecular formula is C18H21ClFN5O4S. The summed E-state index contributed by atoms with van der Waals surface area (Å²) < 4.78 is 40.6. The number of carbonyl (C=O) groups is 2. The summed E-state index contributed by atoms with van der Waals surface area (Å²) in [6.45, 7) is 2.25. The number of hydrogen-bond acceptors (Lipinski definition) is 5. The number of amides is 2. The zero-order chi connectivity index (χ0) is 22.1. The summed E-state index contributed by atoms with van der Waals surface area (Å²) in [4.78, 5) is 31.5. The first kappa shape index (κ1) is 22.2. The molecule has 0 radical (unpaired) electrons. The van der Waals surface area contributed by atoms with Crippen LogP contribution in [0.4, 0.5) is 4.39 Å². The minimum Gasteiger partial charge on any atom is -0.343 e. The number of imidazole rings is 1. The van der Waals surface area contributed by atoms with Crippen LogP contribution in [0.5, 0.6) is 0 Å². The van der Waals surface area contributed by atoms with Gasteiger partial charge in [0.25, 0.3) is 5.91 Å². The Morgan fingerprint density at radius 3 is 2.70 bits per heavy atom. The highest BCUT2D eigenvalue weighted by atomic mass is 35.5. The number of aromatic nitrogens is 2. The van der Waals surface area contributed by atoms with E-state index in [1.54, 1.807) is 22.7 Å². The number of rotatable bonds is 6. The van der Waals surface area contributed by atoms with Gasteiger partial charge in [0.05, 0.1) is 28.4 Å². The number of likely N-dealkylation sites (tertiary alicyclic amines) is 1. The molecule has 1 saturated heterocycles. The van der Waals surface area contributed by atoms with Gasteiger partial charge in [0.15, 0.2) is 5.82 Å². The molecule has 2 N–H and O–H groups in total. The molecule has 2 aromatic rings. The zero-order valence-corrected chi connectivity index (χ0v) is 17.9. The molecule has 1 aromatic heterocycles. The SMILES string of the molecule is CC(=O)N1CCC(CS(=O)(=O)NNC(=O)c2cc(-c3cn(C)cn3)cc(Cl)c2F)C1. The summed E-state index contributed by atoms with van der Waals surface area (Å²) in [6, 6.07) is 2.58. The second-order valence-corrected chi connectivity index (χ2v) is 9.38. The van der Waals surface area contributed by atoms with E-state index in [2.05, 4.69) is 4.98 Å². The number of benzene rings is 1. The van der Waals surface area contributed by atoms with Crippen LogP contribution in [-0.4, -0.2) is 53.5 Å². The summed E-state index contributed by atoms with van der Waals surface area (Å²) in [5.41, 5.74) is 2.48. The highest BCUT2D eigenvalue weighted by molar-refractivity contribution is 7.89. The minimum absolute atomic E-state index is 0.115. The molecule has 3 rings (SSSR count). The van der Waals surface area contributed by atoms with Crippen LogP contribution < -0.4 is 10.3 Å². The number of hydrogen-bond donors (Lipinski definition) is 2. The lowest BCUT2D eigenvalue weighted by atomic mass is 10.1. The summed E-state index contributed by atoms with van der Waals surface area (Å²) in [7, 11) is -2.14. The van der Waals surface area contributed by atoms with E-state index in [1.807, 2.05) is 10.3 Å². The van der Waals surface area contributed by atoms with Crippen molar-refractivity contribution in [3.8, 4) is 11.3 Å². The molecular weight excluding hydrogens is 437 g/mol. The van der Waals surface area contributed by atoms with E-state index >= 15 is 0 Å². The largest absolute Gasteiger partial charge is 0.343 e. The van der Waals surface area contributed by atoms with Gasteiger partial charge in [-0.25, -0.2) is 17.8 Å². The van der Waals surface area contributed by atoms with E-state index in [1.165, 1.54) is 25.4 Å². The van der Waals surface area contributed by atoms with Gasteiger partial charge in [0.1, 0.15) is 0 Å². The number of nitrogens with zero attached hydrogens (tertiary/aromatic N) is 3. The van der Waals surface area contributed by atoms with Crippen LogP contribution in [0.2, 0.25) is 5.02 Å². The molecule has 1 fully saturated rings. The molecule has 30 heavy (non-hydrogen) atoms. The average molecular weight is 458 g/mol. The van der Waals surface area contributed by atoms with Crippen molar-refractivity contribution in [2.24, 2.45) is 13.0 Å². The fourth-order valence-corrected chi connectivity index (χ4v) is 4.71. The van der Waals surface area contributed by atoms with Crippen molar-refractivity contribution in [1.29, 1.82) is 0 Å². The number of carbonyl (C=O) groups excluding carboxylic acids is 2. The van der Waals surface area contributed by atoms with E-state index in [9.17, 15) is 22.4 Å². The molecule has 1 unspecified atom stereocenters. The van der Waals surface area contributed by atoms with Gasteiger partial charge in [0.2, 0.25) is 15.9 Å². The van der Waals surface area contributed by atoms with Crippen molar-refractivity contribution >= 4 is 33.4 Å². The number of sulfonamides is 1. The molecule has 1 atom stereocenters. The smallest absolute Gasteiger partial charge is 0.269 e. The van der Waals surface area contributed by atoms with Gasteiger partial charge < -0.3 is 9.47 Å². The Kier molecular flexibility index (Phi) is 6.44. The molecule has 12 heteroatoms. The molecule has 9 nitrogen and oxygen atoms in total. The van der Waals surface area contributed by atoms with E-state index in [4.69, 9.17) is 11.6 Å². The normalized spacial score (nSPS) is 16.7. The van der Waals surface area contributed by atoms with Gasteiger partial charge in [-0.15, -0.1) is 4.83 Å². The predicted octanol–water partition coefficient (Wildman–Crippen LogP) is 1.31. The molecule has 2 amide bonds. The van der Waals surface area contributed by atoms with Crippen LogP contribution in [0.25, 0.3) is 11.3 Å². The van der Waals surface area contributed by atoms with Crippen LogP contribution in [-0.2, 0) is 21.9 Å². The lowest BCUT2D eigenvalue weighted by Crippen LogP contribution is -2.44. The summed E-state index contributed by atoms with van der Waals surface area (Å²) in [5, 5.41) is -0.290. The Hall–Kier alpha value is -2.50. The van der Waals surface area contributed by atoms with Gasteiger partial charge in [-0.2, -0.15) is 0 Å². The van der Waals surface area contributed by atoms with Crippen molar-refractivity contribution in [3.05, 3.63) is 41.1 Å². The predicted molar refractivity (Wildman–Crippen MR) is 108 cm³/mol. The number of halogens is 2. The summed E-state index contributed by atoms with van der Waals surface area (Å²) >= 11 is 5.90. The number of aryl methyl sites for hydroxylation is 1. The van der Waals surface area contributed by atoms with Gasteiger partial charge in [-0.3, -0.25) is 15.0 Å². The summed E-state index contributed by atoms with van der Waals surface area (Å²) in [5.74, 6) is -2.60. The molecule has 1 aromatic carbocycles. The second kappa shape index (κ2) is 8.70. The summed E-state index contributed by atoms with van der Waals surface area (Å²) in [6.07, 6.45) is 3.75. The maximum atomic E-state index is 14.4. The highest BCUT2D eigenvalue weighted by Crippen LogP contribution is 2.27. The van der Waals surface area contributed by atoms with Crippen molar-refractivity contribution in [2.45, 2.75) is 13.3 Å². The Morgan fingerprint density at radius 2 is 2.10 bits per heavy atom. The first-order chi connectivity index (χ1) is 14.1. The lowest BCUT2D eigenvalue weighted by molar-refractivity contribution is -0.127. The molecule has 0 spiro atoms. The van der Waals surface area contributed by atoms with Crippen molar-refractivity contribution in [1.82, 2.24) is 24.7 Å². The Morgan fingerprint density at radius 1 is 1.37 bits per heavy atom. The van der Waals surface area contributed by atoms with Crippen LogP contribution in [0.15, 0.2) is 24.7 Å². The van der Waals surface area contributed by atoms with Gasteiger partial charge >= 0.3 is 0 Å². The Bertz CT molecular complexity index is 1090. The minimum atomic E-state index is -3.89. The molecule has 1 aliphatic rings. The van der Waals surface area contributed by atoms with Crippen LogP contribution >= 0.6 is 11.6 Å². The Balaban J connectivity index is 1.68. The number of hydrazine groups is 1. The standard InChI is InChI=1S/C18H21ClFN5O4S/c1-11(26)25-4-3-12(7-25)9-30(28,29)23-22-18(27)14-5-13(6-15(19)17(14)20)16-8-24(2)10-21-16/h5-6,8,10,12,23H,3-4,7,9H2,1-2H3,(H,22,27). The van der Waals surface area contributed by atoms with Crippen LogP contribution in [0.1, 0.15) is 23.7 Å². The van der Waals surface area contributed by atoms with Crippen molar-refractivity contribution in [3.63, 3.8) is 0 Å². The fourth-order valence-electron chi connectivity index (χ4n) is 3.26. The quantitative estimate of drug-likeness (QED) is 0.635. The fraction of sp³-hybridized carbons (Fsp3) is 0.389. The third-order valence-electron chi connectivity index (χ3n) is 4.78. The van der Waals surface area contributed by atoms with Gasteiger partial charge in [-0.05, 0) is 24.5 Å².